The fraction of sp³-hybridized carbons (Fsp3) is 0.909. The number of carbonyl (C=O) groups is 1. The lowest BCUT2D eigenvalue weighted by Gasteiger charge is -2.24. The van der Waals surface area contributed by atoms with Crippen LogP contribution in [0.5, 0.6) is 0 Å². The van der Waals surface area contributed by atoms with E-state index in [0.29, 0.717) is 6.04 Å². The number of nitrogens with one attached hydrogen (secondary N) is 2. The molecule has 0 spiro atoms. The second-order valence-corrected chi connectivity index (χ2v) is 8.04. The van der Waals surface area contributed by atoms with Crippen molar-refractivity contribution in [3.63, 3.8) is 0 Å². The minimum atomic E-state index is -3.10. The van der Waals surface area contributed by atoms with Gasteiger partial charge in [0.15, 0.2) is 9.84 Å². The molecule has 8 heteroatoms. The van der Waals surface area contributed by atoms with Gasteiger partial charge in [-0.1, -0.05) is 0 Å². The summed E-state index contributed by atoms with van der Waals surface area (Å²) in [5.41, 5.74) is 0. The molecule has 3 unspecified atom stereocenters. The molecular weight excluding hydrogens is 290 g/mol. The van der Waals surface area contributed by atoms with Crippen LogP contribution < -0.4 is 10.6 Å². The van der Waals surface area contributed by atoms with Crippen molar-refractivity contribution in [1.29, 1.82) is 0 Å². The Morgan fingerprint density at radius 2 is 2.21 bits per heavy atom. The number of hydrogen-bond donors (Lipinski definition) is 2. The maximum atomic E-state index is 11.9. The summed E-state index contributed by atoms with van der Waals surface area (Å²) in [7, 11) is -1.20. The van der Waals surface area contributed by atoms with Crippen molar-refractivity contribution in [2.24, 2.45) is 0 Å². The number of carbonyl (C=O) groups excluding carboxylic acids is 1. The topological polar surface area (TPSA) is 78.5 Å². The molecule has 2 rings (SSSR count). The first-order chi connectivity index (χ1) is 8.87. The van der Waals surface area contributed by atoms with Crippen LogP contribution in [0.2, 0.25) is 0 Å². The molecule has 3 atom stereocenters. The highest BCUT2D eigenvalue weighted by atomic mass is 35.5. The van der Waals surface area contributed by atoms with E-state index in [1.54, 1.807) is 0 Å². The van der Waals surface area contributed by atoms with Crippen LogP contribution in [0.1, 0.15) is 6.42 Å². The van der Waals surface area contributed by atoms with E-state index in [-0.39, 0.29) is 24.0 Å². The van der Waals surface area contributed by atoms with Crippen molar-refractivity contribution in [1.82, 2.24) is 15.5 Å². The van der Waals surface area contributed by atoms with E-state index in [2.05, 4.69) is 10.6 Å². The number of sulfone groups is 1. The number of nitrogens with zero attached hydrogens (tertiary/aromatic N) is 1. The molecule has 2 aliphatic heterocycles. The van der Waals surface area contributed by atoms with Crippen LogP contribution in [-0.2, 0) is 14.6 Å². The minimum Gasteiger partial charge on any atom is -0.350 e. The van der Waals surface area contributed by atoms with Crippen molar-refractivity contribution in [2.45, 2.75) is 23.9 Å². The highest BCUT2D eigenvalue weighted by molar-refractivity contribution is 7.91. The Kier molecular flexibility index (Phi) is 4.70. The van der Waals surface area contributed by atoms with Crippen molar-refractivity contribution in [2.75, 3.05) is 38.2 Å². The van der Waals surface area contributed by atoms with E-state index >= 15 is 0 Å². The summed E-state index contributed by atoms with van der Waals surface area (Å²) < 4.78 is 22.8. The van der Waals surface area contributed by atoms with Crippen LogP contribution >= 0.6 is 11.6 Å². The van der Waals surface area contributed by atoms with Gasteiger partial charge < -0.3 is 10.6 Å². The summed E-state index contributed by atoms with van der Waals surface area (Å²) in [5.74, 6) is -0.272. The molecule has 19 heavy (non-hydrogen) atoms. The third-order valence-electron chi connectivity index (χ3n) is 3.68. The Labute approximate surface area is 118 Å². The lowest BCUT2D eigenvalue weighted by atomic mass is 10.2. The number of likely N-dealkylation sites (N-methyl/N-ethyl adjacent to an activating group) is 1. The first kappa shape index (κ1) is 15.0. The molecule has 2 N–H and O–H groups in total. The van der Waals surface area contributed by atoms with Gasteiger partial charge in [-0.2, -0.15) is 0 Å². The van der Waals surface area contributed by atoms with Gasteiger partial charge in [-0.25, -0.2) is 8.42 Å². The zero-order valence-electron chi connectivity index (χ0n) is 10.9. The Bertz CT molecular complexity index is 436. The Balaban J connectivity index is 1.81. The van der Waals surface area contributed by atoms with Gasteiger partial charge >= 0.3 is 0 Å². The number of halogens is 1. The predicted molar refractivity (Wildman–Crippen MR) is 74.1 cm³/mol. The molecular formula is C11H20ClN3O3S. The normalized spacial score (nSPS) is 33.7. The fourth-order valence-corrected chi connectivity index (χ4v) is 5.11. The van der Waals surface area contributed by atoms with E-state index < -0.39 is 21.3 Å². The fourth-order valence-electron chi connectivity index (χ4n) is 2.56. The van der Waals surface area contributed by atoms with Crippen molar-refractivity contribution in [3.8, 4) is 0 Å². The Morgan fingerprint density at radius 1 is 1.47 bits per heavy atom. The minimum absolute atomic E-state index is 0.0537. The van der Waals surface area contributed by atoms with Crippen molar-refractivity contribution < 1.29 is 13.2 Å². The Hall–Kier alpha value is -0.370. The first-order valence-electron chi connectivity index (χ1n) is 6.42. The second-order valence-electron chi connectivity index (χ2n) is 5.33. The van der Waals surface area contributed by atoms with Gasteiger partial charge in [0.1, 0.15) is 0 Å². The predicted octanol–water partition coefficient (Wildman–Crippen LogP) is -1.20. The van der Waals surface area contributed by atoms with Crippen molar-refractivity contribution in [3.05, 3.63) is 0 Å². The highest BCUT2D eigenvalue weighted by Gasteiger charge is 2.37. The number of hydrogen-bond acceptors (Lipinski definition) is 5. The van der Waals surface area contributed by atoms with Gasteiger partial charge in [0.2, 0.25) is 5.91 Å². The summed E-state index contributed by atoms with van der Waals surface area (Å²) in [5, 5.41) is 5.45. The molecule has 2 saturated heterocycles. The second kappa shape index (κ2) is 5.95. The van der Waals surface area contributed by atoms with E-state index in [1.807, 2.05) is 11.9 Å². The van der Waals surface area contributed by atoms with Crippen molar-refractivity contribution >= 4 is 27.3 Å². The molecule has 1 amide bonds. The number of alkyl halides is 1. The molecule has 0 radical (unpaired) electrons. The maximum absolute atomic E-state index is 11.9. The van der Waals surface area contributed by atoms with Crippen LogP contribution in [0.25, 0.3) is 0 Å². The van der Waals surface area contributed by atoms with E-state index in [1.165, 1.54) is 0 Å². The van der Waals surface area contributed by atoms with E-state index in [9.17, 15) is 13.2 Å². The molecule has 0 saturated carbocycles. The quantitative estimate of drug-likeness (QED) is 0.638. The summed E-state index contributed by atoms with van der Waals surface area (Å²) in [6.07, 6.45) is 1.03. The smallest absolute Gasteiger partial charge is 0.234 e. The molecule has 6 nitrogen and oxygen atoms in total. The SMILES string of the molecule is CN(CC(=O)NC1CS(=O)(=O)CC1Cl)C1CCNC1. The van der Waals surface area contributed by atoms with Crippen LogP contribution in [0, 0.1) is 0 Å². The highest BCUT2D eigenvalue weighted by Crippen LogP contribution is 2.18. The van der Waals surface area contributed by atoms with E-state index in [0.717, 1.165) is 19.5 Å². The monoisotopic (exact) mass is 309 g/mol. The Morgan fingerprint density at radius 3 is 2.74 bits per heavy atom. The van der Waals surface area contributed by atoms with Gasteiger partial charge in [-0.05, 0) is 20.0 Å². The van der Waals surface area contributed by atoms with Crippen LogP contribution in [0.4, 0.5) is 0 Å². The molecule has 0 bridgehead atoms. The zero-order chi connectivity index (χ0) is 14.0. The lowest BCUT2D eigenvalue weighted by Crippen LogP contribution is -2.47. The molecule has 0 aliphatic carbocycles. The standard InChI is InChI=1S/C11H20ClN3O3S/c1-15(8-2-3-13-4-8)5-11(16)14-10-7-19(17,18)6-9(10)12/h8-10,13H,2-7H2,1H3,(H,14,16). The zero-order valence-corrected chi connectivity index (χ0v) is 12.5. The van der Waals surface area contributed by atoms with Gasteiger partial charge in [-0.15, -0.1) is 11.6 Å². The lowest BCUT2D eigenvalue weighted by molar-refractivity contribution is -0.122. The van der Waals surface area contributed by atoms with Gasteiger partial charge in [0.05, 0.1) is 29.5 Å². The molecule has 0 aromatic carbocycles. The molecule has 2 aliphatic rings. The number of amides is 1. The summed E-state index contributed by atoms with van der Waals surface area (Å²) in [4.78, 5) is 13.9. The largest absolute Gasteiger partial charge is 0.350 e. The van der Waals surface area contributed by atoms with Crippen LogP contribution in [0.3, 0.4) is 0 Å². The average molecular weight is 310 g/mol. The molecule has 0 aromatic heterocycles. The number of rotatable bonds is 4. The van der Waals surface area contributed by atoms with Crippen LogP contribution in [-0.4, -0.2) is 74.9 Å². The maximum Gasteiger partial charge on any atom is 0.234 e. The third-order valence-corrected chi connectivity index (χ3v) is 6.06. The van der Waals surface area contributed by atoms with Gasteiger partial charge in [0, 0.05) is 12.6 Å². The molecule has 2 heterocycles. The molecule has 0 aromatic rings. The summed E-state index contributed by atoms with van der Waals surface area (Å²) >= 11 is 5.95. The van der Waals surface area contributed by atoms with Crippen LogP contribution in [0.15, 0.2) is 0 Å². The van der Waals surface area contributed by atoms with Gasteiger partial charge in [-0.3, -0.25) is 9.69 Å². The molecule has 2 fully saturated rings. The first-order valence-corrected chi connectivity index (χ1v) is 8.68. The average Bonchev–Trinajstić information content (AvgIpc) is 2.86. The summed E-state index contributed by atoms with van der Waals surface area (Å²) in [6.45, 7) is 2.13. The molecule has 110 valence electrons. The third kappa shape index (κ3) is 4.05. The van der Waals surface area contributed by atoms with Gasteiger partial charge in [0.25, 0.3) is 0 Å². The van der Waals surface area contributed by atoms with E-state index in [4.69, 9.17) is 11.6 Å². The summed E-state index contributed by atoms with van der Waals surface area (Å²) in [6, 6.07) is -0.0980.